The number of carbonyl (C=O) groups excluding carboxylic acids is 1. The minimum Gasteiger partial charge on any atom is -0.481 e. The molecule has 1 heterocycles. The fraction of sp³-hybridized carbons (Fsp3) is 0.607. The molecular formula is C28H35NO5. The molecule has 0 saturated heterocycles. The Morgan fingerprint density at radius 2 is 1.94 bits per heavy atom. The molecule has 4 aliphatic rings. The highest BCUT2D eigenvalue weighted by Gasteiger charge is 2.57. The van der Waals surface area contributed by atoms with Gasteiger partial charge in [-0.1, -0.05) is 37.6 Å². The van der Waals surface area contributed by atoms with Gasteiger partial charge in [-0.05, 0) is 84.3 Å². The fourth-order valence-electron chi connectivity index (χ4n) is 7.66. The molecule has 0 radical (unpaired) electrons. The Balaban J connectivity index is 1.27. The van der Waals surface area contributed by atoms with E-state index in [1.54, 1.807) is 0 Å². The maximum absolute atomic E-state index is 12.0. The van der Waals surface area contributed by atoms with Crippen LogP contribution in [0.1, 0.15) is 70.8 Å². The number of carboxylic acid groups (broad SMARTS) is 1. The van der Waals surface area contributed by atoms with Crippen LogP contribution in [0.4, 0.5) is 4.79 Å². The van der Waals surface area contributed by atoms with Gasteiger partial charge in [0, 0.05) is 18.8 Å². The predicted molar refractivity (Wildman–Crippen MR) is 128 cm³/mol. The van der Waals surface area contributed by atoms with Crippen LogP contribution in [-0.2, 0) is 14.3 Å². The number of aliphatic carboxylic acids is 1. The SMILES string of the molecule is C[C@]12CC[C@H](OC(=O)OCCC(=O)O)CC1=CC[C@@H]1[C@@H]2CC[C@]2(C)C(c3cccnc3)=CC[C@@H]12. The van der Waals surface area contributed by atoms with Crippen molar-refractivity contribution in [2.75, 3.05) is 6.61 Å². The third-order valence-corrected chi connectivity index (χ3v) is 9.41. The molecule has 0 amide bonds. The summed E-state index contributed by atoms with van der Waals surface area (Å²) in [4.78, 5) is 27.0. The minimum absolute atomic E-state index is 0.153. The molecule has 4 aliphatic carbocycles. The van der Waals surface area contributed by atoms with Gasteiger partial charge in [0.25, 0.3) is 0 Å². The predicted octanol–water partition coefficient (Wildman–Crippen LogP) is 6.03. The first-order valence-electron chi connectivity index (χ1n) is 12.7. The summed E-state index contributed by atoms with van der Waals surface area (Å²) < 4.78 is 10.5. The first-order chi connectivity index (χ1) is 16.3. The normalized spacial score (nSPS) is 36.3. The highest BCUT2D eigenvalue weighted by molar-refractivity contribution is 5.72. The van der Waals surface area contributed by atoms with Gasteiger partial charge in [-0.15, -0.1) is 0 Å². The summed E-state index contributed by atoms with van der Waals surface area (Å²) >= 11 is 0. The Kier molecular flexibility index (Phi) is 6.03. The number of rotatable bonds is 5. The van der Waals surface area contributed by atoms with E-state index < -0.39 is 12.1 Å². The molecule has 1 N–H and O–H groups in total. The smallest absolute Gasteiger partial charge is 0.481 e. The largest absolute Gasteiger partial charge is 0.508 e. The van der Waals surface area contributed by atoms with Crippen LogP contribution in [0.5, 0.6) is 0 Å². The van der Waals surface area contributed by atoms with Crippen LogP contribution in [0.2, 0.25) is 0 Å². The molecule has 0 unspecified atom stereocenters. The average Bonchev–Trinajstić information content (AvgIpc) is 3.17. The highest BCUT2D eigenvalue weighted by Crippen LogP contribution is 2.66. The third-order valence-electron chi connectivity index (χ3n) is 9.41. The van der Waals surface area contributed by atoms with Crippen LogP contribution in [-0.4, -0.2) is 34.9 Å². The average molecular weight is 466 g/mol. The van der Waals surface area contributed by atoms with Gasteiger partial charge in [0.1, 0.15) is 12.7 Å². The van der Waals surface area contributed by atoms with Gasteiger partial charge >= 0.3 is 12.1 Å². The summed E-state index contributed by atoms with van der Waals surface area (Å²) in [5, 5.41) is 8.70. The molecule has 34 heavy (non-hydrogen) atoms. The van der Waals surface area contributed by atoms with E-state index in [1.807, 2.05) is 18.5 Å². The van der Waals surface area contributed by atoms with E-state index in [0.717, 1.165) is 32.1 Å². The highest BCUT2D eigenvalue weighted by atomic mass is 16.7. The van der Waals surface area contributed by atoms with Crippen molar-refractivity contribution in [3.8, 4) is 0 Å². The molecule has 5 rings (SSSR count). The second-order valence-corrected chi connectivity index (χ2v) is 11.0. The van der Waals surface area contributed by atoms with Crippen molar-refractivity contribution in [1.29, 1.82) is 0 Å². The Hall–Kier alpha value is -2.63. The maximum atomic E-state index is 12.0. The van der Waals surface area contributed by atoms with Gasteiger partial charge < -0.3 is 14.6 Å². The monoisotopic (exact) mass is 465 g/mol. The zero-order valence-corrected chi connectivity index (χ0v) is 20.2. The van der Waals surface area contributed by atoms with Crippen molar-refractivity contribution in [1.82, 2.24) is 4.98 Å². The van der Waals surface area contributed by atoms with Crippen LogP contribution in [0.25, 0.3) is 5.57 Å². The summed E-state index contributed by atoms with van der Waals surface area (Å²) in [5.74, 6) is 1.01. The quantitative estimate of drug-likeness (QED) is 0.422. The number of allylic oxidation sites excluding steroid dienone is 3. The van der Waals surface area contributed by atoms with Gasteiger partial charge in [0.15, 0.2) is 0 Å². The number of fused-ring (bicyclic) bond motifs is 5. The Bertz CT molecular complexity index is 1020. The zero-order valence-electron chi connectivity index (χ0n) is 20.2. The van der Waals surface area contributed by atoms with E-state index in [2.05, 4.69) is 37.0 Å². The third kappa shape index (κ3) is 3.95. The molecular weight excluding hydrogens is 430 g/mol. The van der Waals surface area contributed by atoms with E-state index in [9.17, 15) is 9.59 Å². The van der Waals surface area contributed by atoms with E-state index >= 15 is 0 Å². The molecule has 2 fully saturated rings. The van der Waals surface area contributed by atoms with E-state index in [-0.39, 0.29) is 30.0 Å². The zero-order chi connectivity index (χ0) is 23.9. The van der Waals surface area contributed by atoms with E-state index in [4.69, 9.17) is 14.6 Å². The number of carbonyl (C=O) groups is 2. The van der Waals surface area contributed by atoms with Gasteiger partial charge in [-0.3, -0.25) is 9.78 Å². The molecule has 0 spiro atoms. The Morgan fingerprint density at radius 1 is 1.12 bits per heavy atom. The number of hydrogen-bond donors (Lipinski definition) is 1. The molecule has 182 valence electrons. The summed E-state index contributed by atoms with van der Waals surface area (Å²) in [5.41, 5.74) is 4.57. The lowest BCUT2D eigenvalue weighted by atomic mass is 9.47. The number of ether oxygens (including phenoxy) is 2. The fourth-order valence-corrected chi connectivity index (χ4v) is 7.66. The van der Waals surface area contributed by atoms with Crippen molar-refractivity contribution < 1.29 is 24.2 Å². The topological polar surface area (TPSA) is 85.7 Å². The summed E-state index contributed by atoms with van der Waals surface area (Å²) in [6.07, 6.45) is 14.9. The van der Waals surface area contributed by atoms with Crippen LogP contribution in [0.3, 0.4) is 0 Å². The van der Waals surface area contributed by atoms with Crippen LogP contribution < -0.4 is 0 Å². The standard InChI is InChI=1S/C28H35NO5/c1-27-12-9-20(34-26(32)33-15-11-25(30)31)16-19(27)5-6-21-23-8-7-22(18-4-3-14-29-17-18)28(23,2)13-10-24(21)27/h3-5,7,14,17,20-21,23-24H,6,8-13,15-16H2,1-2H3,(H,30,31)/t20-,21-,23-,24-,27-,28+/m0/s1. The maximum Gasteiger partial charge on any atom is 0.508 e. The molecule has 0 bridgehead atoms. The molecule has 6 heteroatoms. The van der Waals surface area contributed by atoms with Gasteiger partial charge in [0.05, 0.1) is 6.42 Å². The second kappa shape index (κ2) is 8.86. The lowest BCUT2D eigenvalue weighted by Crippen LogP contribution is -2.50. The number of hydrogen-bond acceptors (Lipinski definition) is 5. The van der Waals surface area contributed by atoms with Crippen molar-refractivity contribution in [3.05, 3.63) is 47.8 Å². The van der Waals surface area contributed by atoms with Gasteiger partial charge in [0.2, 0.25) is 0 Å². The molecule has 2 saturated carbocycles. The first kappa shape index (κ1) is 23.1. The Morgan fingerprint density at radius 3 is 2.71 bits per heavy atom. The number of nitrogens with zero attached hydrogens (tertiary/aromatic N) is 1. The Labute approximate surface area is 201 Å². The van der Waals surface area contributed by atoms with Crippen molar-refractivity contribution in [2.24, 2.45) is 28.6 Å². The van der Waals surface area contributed by atoms with E-state index in [1.165, 1.54) is 29.6 Å². The molecule has 6 nitrogen and oxygen atoms in total. The number of carboxylic acids is 1. The summed E-state index contributed by atoms with van der Waals surface area (Å²) in [6.45, 7) is 4.76. The molecule has 6 atom stereocenters. The lowest BCUT2D eigenvalue weighted by molar-refractivity contribution is -0.137. The van der Waals surface area contributed by atoms with Crippen molar-refractivity contribution >= 4 is 17.7 Å². The van der Waals surface area contributed by atoms with Crippen molar-refractivity contribution in [2.45, 2.75) is 71.3 Å². The van der Waals surface area contributed by atoms with Gasteiger partial charge in [-0.2, -0.15) is 0 Å². The van der Waals surface area contributed by atoms with E-state index in [0.29, 0.717) is 17.8 Å². The minimum atomic E-state index is -0.989. The van der Waals surface area contributed by atoms with Crippen LogP contribution in [0.15, 0.2) is 42.3 Å². The molecule has 0 aliphatic heterocycles. The van der Waals surface area contributed by atoms with Crippen LogP contribution >= 0.6 is 0 Å². The molecule has 1 aromatic heterocycles. The summed E-state index contributed by atoms with van der Waals surface area (Å²) in [7, 11) is 0. The molecule has 1 aromatic rings. The first-order valence-corrected chi connectivity index (χ1v) is 12.7. The van der Waals surface area contributed by atoms with Crippen molar-refractivity contribution in [3.63, 3.8) is 0 Å². The number of pyridine rings is 1. The van der Waals surface area contributed by atoms with Gasteiger partial charge in [-0.25, -0.2) is 4.79 Å². The van der Waals surface area contributed by atoms with Crippen LogP contribution in [0, 0.1) is 28.6 Å². The molecule has 0 aromatic carbocycles. The lowest BCUT2D eigenvalue weighted by Gasteiger charge is -2.57. The summed E-state index contributed by atoms with van der Waals surface area (Å²) in [6, 6.07) is 4.24. The second-order valence-electron chi connectivity index (χ2n) is 11.0. The number of aromatic nitrogens is 1.